The molecule has 2 heterocycles. The topological polar surface area (TPSA) is 75.2 Å². The summed E-state index contributed by atoms with van der Waals surface area (Å²) in [6.45, 7) is 6.81. The Bertz CT molecular complexity index is 851. The Morgan fingerprint density at radius 2 is 1.97 bits per heavy atom. The summed E-state index contributed by atoms with van der Waals surface area (Å²) in [4.78, 5) is 36.3. The maximum atomic E-state index is 13.1. The number of nitrogens with one attached hydrogen (secondary N) is 1. The van der Waals surface area contributed by atoms with Gasteiger partial charge < -0.3 is 10.2 Å². The van der Waals surface area contributed by atoms with E-state index in [0.717, 1.165) is 29.8 Å². The van der Waals surface area contributed by atoms with Crippen LogP contribution >= 0.6 is 0 Å². The minimum absolute atomic E-state index is 0.0455. The molecule has 1 aliphatic heterocycles. The molecule has 29 heavy (non-hydrogen) atoms. The summed E-state index contributed by atoms with van der Waals surface area (Å²) in [7, 11) is 0. The Hall–Kier alpha value is -2.76. The lowest BCUT2D eigenvalue weighted by atomic mass is 9.92. The highest BCUT2D eigenvalue weighted by Crippen LogP contribution is 2.26. The van der Waals surface area contributed by atoms with E-state index >= 15 is 0 Å². The summed E-state index contributed by atoms with van der Waals surface area (Å²) in [6, 6.07) is 9.90. The highest BCUT2D eigenvalue weighted by molar-refractivity contribution is 5.90. The van der Waals surface area contributed by atoms with E-state index < -0.39 is 5.54 Å². The minimum Gasteiger partial charge on any atom is -0.342 e. The van der Waals surface area contributed by atoms with Gasteiger partial charge in [0, 0.05) is 37.8 Å². The predicted octanol–water partition coefficient (Wildman–Crippen LogP) is 3.02. The fourth-order valence-corrected chi connectivity index (χ4v) is 3.84. The van der Waals surface area contributed by atoms with Gasteiger partial charge in [-0.15, -0.1) is 0 Å². The van der Waals surface area contributed by atoms with Crippen LogP contribution in [0.2, 0.25) is 0 Å². The standard InChI is InChI=1S/C23H30N4O2/c1-17-14-24-15-20(25-17)19-10-7-13-27(16-19)22(29)23(2,3)26-21(28)12-11-18-8-5-4-6-9-18/h4-6,8-9,14-15,19H,7,10-13,16H2,1-3H3,(H,26,28)/t19-/m1/s1. The van der Waals surface area contributed by atoms with Crippen LogP contribution in [0.25, 0.3) is 0 Å². The first kappa shape index (κ1) is 21.0. The molecule has 0 unspecified atom stereocenters. The van der Waals surface area contributed by atoms with Gasteiger partial charge in [0.1, 0.15) is 5.54 Å². The lowest BCUT2D eigenvalue weighted by molar-refractivity contribution is -0.141. The maximum absolute atomic E-state index is 13.1. The van der Waals surface area contributed by atoms with Crippen molar-refractivity contribution in [1.82, 2.24) is 20.2 Å². The summed E-state index contributed by atoms with van der Waals surface area (Å²) >= 11 is 0. The largest absolute Gasteiger partial charge is 0.342 e. The number of likely N-dealkylation sites (tertiary alicyclic amines) is 1. The molecule has 1 atom stereocenters. The van der Waals surface area contributed by atoms with Gasteiger partial charge in [0.15, 0.2) is 0 Å². The van der Waals surface area contributed by atoms with Crippen LogP contribution in [0.5, 0.6) is 0 Å². The molecule has 154 valence electrons. The van der Waals surface area contributed by atoms with E-state index in [0.29, 0.717) is 25.9 Å². The van der Waals surface area contributed by atoms with Gasteiger partial charge in [0.05, 0.1) is 11.4 Å². The van der Waals surface area contributed by atoms with Gasteiger partial charge in [-0.2, -0.15) is 0 Å². The van der Waals surface area contributed by atoms with E-state index in [1.54, 1.807) is 26.2 Å². The normalized spacial score (nSPS) is 17.1. The Labute approximate surface area is 172 Å². The second-order valence-corrected chi connectivity index (χ2v) is 8.33. The molecule has 1 N–H and O–H groups in total. The van der Waals surface area contributed by atoms with Gasteiger partial charge in [0.25, 0.3) is 0 Å². The fraction of sp³-hybridized carbons (Fsp3) is 0.478. The van der Waals surface area contributed by atoms with Crippen molar-refractivity contribution in [3.8, 4) is 0 Å². The van der Waals surface area contributed by atoms with Crippen LogP contribution in [0.4, 0.5) is 0 Å². The van der Waals surface area contributed by atoms with E-state index in [4.69, 9.17) is 0 Å². The van der Waals surface area contributed by atoms with E-state index in [1.165, 1.54) is 0 Å². The molecule has 3 rings (SSSR count). The number of benzene rings is 1. The summed E-state index contributed by atoms with van der Waals surface area (Å²) in [5, 5.41) is 2.93. The molecule has 1 aliphatic rings. The number of amides is 2. The van der Waals surface area contributed by atoms with Crippen molar-refractivity contribution < 1.29 is 9.59 Å². The number of nitrogens with zero attached hydrogens (tertiary/aromatic N) is 3. The summed E-state index contributed by atoms with van der Waals surface area (Å²) < 4.78 is 0. The van der Waals surface area contributed by atoms with Crippen molar-refractivity contribution in [2.24, 2.45) is 0 Å². The van der Waals surface area contributed by atoms with Crippen molar-refractivity contribution in [3.63, 3.8) is 0 Å². The third-order valence-corrected chi connectivity index (χ3v) is 5.37. The zero-order chi connectivity index (χ0) is 20.9. The summed E-state index contributed by atoms with van der Waals surface area (Å²) in [5.74, 6) is 0.0332. The fourth-order valence-electron chi connectivity index (χ4n) is 3.84. The smallest absolute Gasteiger partial charge is 0.247 e. The Balaban J connectivity index is 1.58. The number of carbonyl (C=O) groups excluding carboxylic acids is 2. The van der Waals surface area contributed by atoms with Gasteiger partial charge in [-0.1, -0.05) is 30.3 Å². The number of rotatable bonds is 6. The zero-order valence-electron chi connectivity index (χ0n) is 17.5. The van der Waals surface area contributed by atoms with E-state index in [2.05, 4.69) is 15.3 Å². The molecule has 1 saturated heterocycles. The molecule has 0 aliphatic carbocycles. The Morgan fingerprint density at radius 3 is 2.69 bits per heavy atom. The molecule has 0 saturated carbocycles. The molecule has 6 heteroatoms. The second kappa shape index (κ2) is 9.16. The first-order chi connectivity index (χ1) is 13.8. The minimum atomic E-state index is -0.937. The molecule has 6 nitrogen and oxygen atoms in total. The molecule has 2 amide bonds. The van der Waals surface area contributed by atoms with Crippen LogP contribution in [0.1, 0.15) is 56.0 Å². The highest BCUT2D eigenvalue weighted by atomic mass is 16.2. The summed E-state index contributed by atoms with van der Waals surface area (Å²) in [6.07, 6.45) is 6.47. The summed E-state index contributed by atoms with van der Waals surface area (Å²) in [5.41, 5.74) is 2.00. The van der Waals surface area contributed by atoms with Crippen LogP contribution in [-0.4, -0.2) is 45.3 Å². The molecular weight excluding hydrogens is 364 g/mol. The lowest BCUT2D eigenvalue weighted by Crippen LogP contribution is -2.57. The quantitative estimate of drug-likeness (QED) is 0.817. The number of piperidine rings is 1. The van der Waals surface area contributed by atoms with Gasteiger partial charge >= 0.3 is 0 Å². The molecule has 1 fully saturated rings. The molecule has 0 radical (unpaired) electrons. The van der Waals surface area contributed by atoms with Crippen molar-refractivity contribution in [2.75, 3.05) is 13.1 Å². The Kier molecular flexibility index (Phi) is 6.62. The van der Waals surface area contributed by atoms with Gasteiger partial charge in [-0.05, 0) is 45.6 Å². The van der Waals surface area contributed by atoms with Gasteiger partial charge in [0.2, 0.25) is 11.8 Å². The number of aryl methyl sites for hydroxylation is 2. The molecular formula is C23H30N4O2. The number of hydrogen-bond donors (Lipinski definition) is 1. The SMILES string of the molecule is Cc1cncc([C@@H]2CCCN(C(=O)C(C)(C)NC(=O)CCc3ccccc3)C2)n1. The van der Waals surface area contributed by atoms with Crippen molar-refractivity contribution in [2.45, 2.75) is 57.9 Å². The maximum Gasteiger partial charge on any atom is 0.247 e. The first-order valence-electron chi connectivity index (χ1n) is 10.3. The first-order valence-corrected chi connectivity index (χ1v) is 10.3. The molecule has 0 spiro atoms. The number of carbonyl (C=O) groups is 2. The average Bonchev–Trinajstić information content (AvgIpc) is 2.72. The van der Waals surface area contributed by atoms with Crippen molar-refractivity contribution >= 4 is 11.8 Å². The van der Waals surface area contributed by atoms with Crippen LogP contribution in [-0.2, 0) is 16.0 Å². The predicted molar refractivity (Wildman–Crippen MR) is 112 cm³/mol. The van der Waals surface area contributed by atoms with Crippen LogP contribution in [0.15, 0.2) is 42.7 Å². The number of hydrogen-bond acceptors (Lipinski definition) is 4. The Morgan fingerprint density at radius 1 is 1.21 bits per heavy atom. The van der Waals surface area contributed by atoms with Crippen LogP contribution < -0.4 is 5.32 Å². The van der Waals surface area contributed by atoms with Crippen molar-refractivity contribution in [1.29, 1.82) is 0 Å². The van der Waals surface area contributed by atoms with Crippen LogP contribution in [0.3, 0.4) is 0 Å². The van der Waals surface area contributed by atoms with E-state index in [1.807, 2.05) is 42.2 Å². The van der Waals surface area contributed by atoms with Crippen molar-refractivity contribution in [3.05, 3.63) is 59.7 Å². The molecule has 1 aromatic carbocycles. The highest BCUT2D eigenvalue weighted by Gasteiger charge is 2.36. The van der Waals surface area contributed by atoms with E-state index in [-0.39, 0.29) is 17.7 Å². The molecule has 0 bridgehead atoms. The van der Waals surface area contributed by atoms with Gasteiger partial charge in [-0.3, -0.25) is 19.6 Å². The van der Waals surface area contributed by atoms with Gasteiger partial charge in [-0.25, -0.2) is 0 Å². The third kappa shape index (κ3) is 5.62. The second-order valence-electron chi connectivity index (χ2n) is 8.33. The average molecular weight is 395 g/mol. The van der Waals surface area contributed by atoms with Crippen LogP contribution in [0, 0.1) is 6.92 Å². The molecule has 2 aromatic rings. The third-order valence-electron chi connectivity index (χ3n) is 5.37. The lowest BCUT2D eigenvalue weighted by Gasteiger charge is -2.37. The zero-order valence-corrected chi connectivity index (χ0v) is 17.5. The number of aromatic nitrogens is 2. The molecule has 1 aromatic heterocycles. The monoisotopic (exact) mass is 394 g/mol. The van der Waals surface area contributed by atoms with E-state index in [9.17, 15) is 9.59 Å².